The van der Waals surface area contributed by atoms with Crippen LogP contribution in [0.3, 0.4) is 0 Å². The standard InChI is InChI=1S/C20H23N5O2/c26-11-10-23-6-8-24(9-7-23)20(27)18-12-17-14-22-25(19(17)21-13-18)15-16-4-2-1-3-5-16/h1-5,12-14,26H,6-11,15H2. The number of aliphatic hydroxyl groups excluding tert-OH is 1. The highest BCUT2D eigenvalue weighted by Gasteiger charge is 2.22. The molecule has 0 saturated carbocycles. The zero-order chi connectivity index (χ0) is 18.6. The van der Waals surface area contributed by atoms with E-state index in [1.54, 1.807) is 12.4 Å². The third kappa shape index (κ3) is 3.84. The first-order valence-electron chi connectivity index (χ1n) is 9.22. The summed E-state index contributed by atoms with van der Waals surface area (Å²) in [5.41, 5.74) is 2.53. The van der Waals surface area contributed by atoms with Crippen molar-refractivity contribution in [3.8, 4) is 0 Å². The second kappa shape index (κ2) is 7.85. The summed E-state index contributed by atoms with van der Waals surface area (Å²) in [7, 11) is 0. The Morgan fingerprint density at radius 2 is 1.85 bits per heavy atom. The summed E-state index contributed by atoms with van der Waals surface area (Å²) in [4.78, 5) is 21.3. The fraction of sp³-hybridized carbons (Fsp3) is 0.350. The van der Waals surface area contributed by atoms with Crippen LogP contribution >= 0.6 is 0 Å². The monoisotopic (exact) mass is 365 g/mol. The molecule has 7 nitrogen and oxygen atoms in total. The van der Waals surface area contributed by atoms with Gasteiger partial charge in [-0.15, -0.1) is 0 Å². The van der Waals surface area contributed by atoms with Crippen molar-refractivity contribution in [3.05, 3.63) is 59.9 Å². The highest BCUT2D eigenvalue weighted by atomic mass is 16.3. The van der Waals surface area contributed by atoms with E-state index in [1.807, 2.05) is 33.8 Å². The van der Waals surface area contributed by atoms with E-state index in [4.69, 9.17) is 5.11 Å². The third-order valence-corrected chi connectivity index (χ3v) is 4.97. The maximum Gasteiger partial charge on any atom is 0.255 e. The number of fused-ring (bicyclic) bond motifs is 1. The van der Waals surface area contributed by atoms with E-state index in [0.717, 1.165) is 29.7 Å². The zero-order valence-electron chi connectivity index (χ0n) is 15.2. The van der Waals surface area contributed by atoms with Crippen molar-refractivity contribution in [1.29, 1.82) is 0 Å². The van der Waals surface area contributed by atoms with Crippen LogP contribution < -0.4 is 0 Å². The fourth-order valence-electron chi connectivity index (χ4n) is 3.46. The first kappa shape index (κ1) is 17.6. The number of β-amino-alcohol motifs (C(OH)–C–C–N with tert-alkyl or cyclic N) is 1. The summed E-state index contributed by atoms with van der Waals surface area (Å²) in [6, 6.07) is 12.0. The lowest BCUT2D eigenvalue weighted by Crippen LogP contribution is -2.49. The second-order valence-electron chi connectivity index (χ2n) is 6.78. The van der Waals surface area contributed by atoms with Crippen molar-refractivity contribution in [2.24, 2.45) is 0 Å². The van der Waals surface area contributed by atoms with Gasteiger partial charge in [-0.2, -0.15) is 5.10 Å². The summed E-state index contributed by atoms with van der Waals surface area (Å²) < 4.78 is 1.85. The van der Waals surface area contributed by atoms with E-state index in [-0.39, 0.29) is 12.5 Å². The fourth-order valence-corrected chi connectivity index (χ4v) is 3.46. The number of hydrogen-bond donors (Lipinski definition) is 1. The number of amides is 1. The van der Waals surface area contributed by atoms with E-state index in [2.05, 4.69) is 27.1 Å². The molecule has 1 fully saturated rings. The topological polar surface area (TPSA) is 74.5 Å². The first-order chi connectivity index (χ1) is 13.2. The smallest absolute Gasteiger partial charge is 0.255 e. The van der Waals surface area contributed by atoms with Gasteiger partial charge in [0.1, 0.15) is 0 Å². The van der Waals surface area contributed by atoms with E-state index in [9.17, 15) is 4.79 Å². The van der Waals surface area contributed by atoms with Crippen molar-refractivity contribution in [2.45, 2.75) is 6.54 Å². The molecule has 0 bridgehead atoms. The minimum atomic E-state index is 0.00357. The summed E-state index contributed by atoms with van der Waals surface area (Å²) in [5.74, 6) is 0.00357. The van der Waals surface area contributed by atoms with Gasteiger partial charge in [0.15, 0.2) is 5.65 Å². The Bertz CT molecular complexity index is 917. The Morgan fingerprint density at radius 1 is 1.07 bits per heavy atom. The number of benzene rings is 1. The number of pyridine rings is 1. The maximum atomic E-state index is 12.8. The van der Waals surface area contributed by atoms with E-state index < -0.39 is 0 Å². The number of rotatable bonds is 5. The summed E-state index contributed by atoms with van der Waals surface area (Å²) in [5, 5.41) is 14.3. The van der Waals surface area contributed by atoms with Crippen molar-refractivity contribution in [1.82, 2.24) is 24.6 Å². The Labute approximate surface area is 157 Å². The molecular formula is C20H23N5O2. The average Bonchev–Trinajstić information content (AvgIpc) is 3.11. The average molecular weight is 365 g/mol. The van der Waals surface area contributed by atoms with Gasteiger partial charge in [0, 0.05) is 44.3 Å². The van der Waals surface area contributed by atoms with Crippen LogP contribution in [0.25, 0.3) is 11.0 Å². The van der Waals surface area contributed by atoms with E-state index in [1.165, 1.54) is 0 Å². The lowest BCUT2D eigenvalue weighted by molar-refractivity contribution is 0.0615. The summed E-state index contributed by atoms with van der Waals surface area (Å²) in [6.07, 6.45) is 3.41. The molecule has 1 aliphatic rings. The number of carbonyl (C=O) groups excluding carboxylic acids is 1. The zero-order valence-corrected chi connectivity index (χ0v) is 15.2. The van der Waals surface area contributed by atoms with Crippen molar-refractivity contribution in [2.75, 3.05) is 39.3 Å². The molecule has 0 aliphatic carbocycles. The second-order valence-corrected chi connectivity index (χ2v) is 6.78. The first-order valence-corrected chi connectivity index (χ1v) is 9.22. The van der Waals surface area contributed by atoms with Crippen LogP contribution in [-0.4, -0.2) is 74.9 Å². The van der Waals surface area contributed by atoms with Crippen LogP contribution in [0.1, 0.15) is 15.9 Å². The molecule has 4 rings (SSSR count). The van der Waals surface area contributed by atoms with Crippen LogP contribution in [0.4, 0.5) is 0 Å². The molecule has 1 aliphatic heterocycles. The Kier molecular flexibility index (Phi) is 5.13. The largest absolute Gasteiger partial charge is 0.395 e. The molecule has 7 heteroatoms. The maximum absolute atomic E-state index is 12.8. The normalized spacial score (nSPS) is 15.4. The molecule has 1 saturated heterocycles. The molecule has 1 N–H and O–H groups in total. The quantitative estimate of drug-likeness (QED) is 0.736. The Morgan fingerprint density at radius 3 is 2.59 bits per heavy atom. The van der Waals surface area contributed by atoms with Gasteiger partial charge in [0.25, 0.3) is 5.91 Å². The molecule has 140 valence electrons. The number of piperazine rings is 1. The van der Waals surface area contributed by atoms with Crippen LogP contribution in [0.2, 0.25) is 0 Å². The van der Waals surface area contributed by atoms with Crippen LogP contribution in [0, 0.1) is 0 Å². The number of carbonyl (C=O) groups is 1. The highest BCUT2D eigenvalue weighted by Crippen LogP contribution is 2.16. The number of aliphatic hydroxyl groups is 1. The van der Waals surface area contributed by atoms with Gasteiger partial charge in [-0.05, 0) is 11.6 Å². The molecule has 3 aromatic rings. The lowest BCUT2D eigenvalue weighted by Gasteiger charge is -2.34. The SMILES string of the molecule is O=C(c1cnc2c(cnn2Cc2ccccc2)c1)N1CCN(CCO)CC1. The van der Waals surface area contributed by atoms with Gasteiger partial charge in [0.2, 0.25) is 0 Å². The highest BCUT2D eigenvalue weighted by molar-refractivity contribution is 5.96. The van der Waals surface area contributed by atoms with Gasteiger partial charge >= 0.3 is 0 Å². The Hall–Kier alpha value is -2.77. The van der Waals surface area contributed by atoms with Crippen LogP contribution in [-0.2, 0) is 6.54 Å². The van der Waals surface area contributed by atoms with Gasteiger partial charge in [-0.3, -0.25) is 9.69 Å². The molecule has 0 unspecified atom stereocenters. The van der Waals surface area contributed by atoms with Gasteiger partial charge in [0.05, 0.1) is 24.9 Å². The van der Waals surface area contributed by atoms with Gasteiger partial charge in [-0.25, -0.2) is 9.67 Å². The summed E-state index contributed by atoms with van der Waals surface area (Å²) >= 11 is 0. The minimum absolute atomic E-state index is 0.00357. The molecular weight excluding hydrogens is 342 g/mol. The summed E-state index contributed by atoms with van der Waals surface area (Å²) in [6.45, 7) is 4.39. The molecule has 27 heavy (non-hydrogen) atoms. The van der Waals surface area contributed by atoms with E-state index >= 15 is 0 Å². The third-order valence-electron chi connectivity index (χ3n) is 4.97. The molecule has 0 spiro atoms. The molecule has 1 amide bonds. The van der Waals surface area contributed by atoms with Gasteiger partial charge < -0.3 is 10.0 Å². The van der Waals surface area contributed by atoms with Crippen molar-refractivity contribution >= 4 is 16.9 Å². The number of aromatic nitrogens is 3. The molecule has 2 aromatic heterocycles. The predicted octanol–water partition coefficient (Wildman–Crippen LogP) is 1.23. The van der Waals surface area contributed by atoms with Gasteiger partial charge in [-0.1, -0.05) is 30.3 Å². The van der Waals surface area contributed by atoms with E-state index in [0.29, 0.717) is 31.7 Å². The predicted molar refractivity (Wildman–Crippen MR) is 103 cm³/mol. The minimum Gasteiger partial charge on any atom is -0.395 e. The lowest BCUT2D eigenvalue weighted by atomic mass is 10.2. The molecule has 3 heterocycles. The number of nitrogens with zero attached hydrogens (tertiary/aromatic N) is 5. The number of hydrogen-bond acceptors (Lipinski definition) is 5. The van der Waals surface area contributed by atoms with Crippen LogP contribution in [0.15, 0.2) is 48.8 Å². The molecule has 0 atom stereocenters. The van der Waals surface area contributed by atoms with Crippen LogP contribution in [0.5, 0.6) is 0 Å². The Balaban J connectivity index is 1.48. The van der Waals surface area contributed by atoms with Crippen molar-refractivity contribution in [3.63, 3.8) is 0 Å². The molecule has 0 radical (unpaired) electrons. The molecule has 1 aromatic carbocycles. The van der Waals surface area contributed by atoms with Crippen molar-refractivity contribution < 1.29 is 9.90 Å².